The van der Waals surface area contributed by atoms with E-state index in [-0.39, 0.29) is 17.9 Å². The lowest BCUT2D eigenvalue weighted by molar-refractivity contribution is -0.157. The van der Waals surface area contributed by atoms with Crippen molar-refractivity contribution < 1.29 is 19.1 Å². The van der Waals surface area contributed by atoms with Crippen molar-refractivity contribution in [2.45, 2.75) is 71.3 Å². The lowest BCUT2D eigenvalue weighted by Gasteiger charge is -2.29. The van der Waals surface area contributed by atoms with Crippen LogP contribution in [0.4, 0.5) is 0 Å². The van der Waals surface area contributed by atoms with Crippen molar-refractivity contribution in [1.29, 1.82) is 0 Å². The maximum atomic E-state index is 12.2. The number of ether oxygens (including phenoxy) is 2. The molecular weight excluding hydrogens is 340 g/mol. The van der Waals surface area contributed by atoms with E-state index in [0.717, 1.165) is 19.3 Å². The van der Waals surface area contributed by atoms with Gasteiger partial charge in [0, 0.05) is 0 Å². The van der Waals surface area contributed by atoms with Gasteiger partial charge < -0.3 is 9.47 Å². The quantitative estimate of drug-likeness (QED) is 0.674. The number of esters is 2. The van der Waals surface area contributed by atoms with Crippen LogP contribution in [0, 0.1) is 17.8 Å². The van der Waals surface area contributed by atoms with Crippen molar-refractivity contribution in [3.63, 3.8) is 0 Å². The summed E-state index contributed by atoms with van der Waals surface area (Å²) in [6.45, 7) is 8.01. The van der Waals surface area contributed by atoms with Crippen LogP contribution in [0.2, 0.25) is 0 Å². The summed E-state index contributed by atoms with van der Waals surface area (Å²) < 4.78 is 10.6. The molecule has 1 unspecified atom stereocenters. The topological polar surface area (TPSA) is 52.6 Å². The van der Waals surface area contributed by atoms with Crippen LogP contribution in [0.5, 0.6) is 0 Å². The van der Waals surface area contributed by atoms with Crippen LogP contribution in [0.3, 0.4) is 0 Å². The van der Waals surface area contributed by atoms with Crippen molar-refractivity contribution in [2.75, 3.05) is 6.61 Å². The predicted molar refractivity (Wildman–Crippen MR) is 105 cm³/mol. The first-order chi connectivity index (χ1) is 12.8. The molecular formula is C23H32O4. The van der Waals surface area contributed by atoms with Crippen LogP contribution in [0.15, 0.2) is 24.3 Å². The molecule has 0 saturated heterocycles. The van der Waals surface area contributed by atoms with Gasteiger partial charge in [-0.3, -0.25) is 4.79 Å². The van der Waals surface area contributed by atoms with Crippen molar-refractivity contribution >= 4 is 11.9 Å². The summed E-state index contributed by atoms with van der Waals surface area (Å²) >= 11 is 0. The van der Waals surface area contributed by atoms with E-state index in [4.69, 9.17) is 9.47 Å². The molecule has 148 valence electrons. The number of benzene rings is 1. The molecule has 2 atom stereocenters. The number of rotatable bonds is 5. The minimum atomic E-state index is -0.391. The average molecular weight is 373 g/mol. The van der Waals surface area contributed by atoms with Crippen LogP contribution >= 0.6 is 0 Å². The Balaban J connectivity index is 1.48. The highest BCUT2D eigenvalue weighted by Gasteiger charge is 2.49. The van der Waals surface area contributed by atoms with Crippen molar-refractivity contribution in [3.05, 3.63) is 35.4 Å². The minimum absolute atomic E-state index is 0.0100. The van der Waals surface area contributed by atoms with Gasteiger partial charge in [-0.15, -0.1) is 0 Å². The summed E-state index contributed by atoms with van der Waals surface area (Å²) in [5.74, 6) is 1.58. The van der Waals surface area contributed by atoms with E-state index < -0.39 is 5.60 Å². The zero-order chi connectivity index (χ0) is 19.6. The Bertz CT molecular complexity index is 663. The fourth-order valence-electron chi connectivity index (χ4n) is 4.37. The second-order valence-electron chi connectivity index (χ2n) is 8.99. The first kappa shape index (κ1) is 19.9. The Hall–Kier alpha value is -1.84. The Labute approximate surface area is 162 Å². The average Bonchev–Trinajstić information content (AvgIpc) is 3.42. The molecule has 0 aromatic heterocycles. The van der Waals surface area contributed by atoms with Crippen molar-refractivity contribution in [3.8, 4) is 0 Å². The van der Waals surface area contributed by atoms with Crippen LogP contribution in [0.1, 0.15) is 81.6 Å². The molecule has 0 aliphatic heterocycles. The highest BCUT2D eigenvalue weighted by Crippen LogP contribution is 2.52. The van der Waals surface area contributed by atoms with E-state index in [2.05, 4.69) is 12.1 Å². The SMILES string of the molecule is CCOC(=O)c1ccc([C@H]2CC[C@H](C3C[C@H]3C(=O)OC(C)(C)C)CC2)cc1. The number of carbonyl (C=O) groups is 2. The van der Waals surface area contributed by atoms with Gasteiger partial charge in [-0.25, -0.2) is 4.79 Å². The van der Waals surface area contributed by atoms with Gasteiger partial charge in [0.25, 0.3) is 0 Å². The molecule has 3 rings (SSSR count). The number of hydrogen-bond donors (Lipinski definition) is 0. The number of carbonyl (C=O) groups excluding carboxylic acids is 2. The Morgan fingerprint density at radius 3 is 2.22 bits per heavy atom. The molecule has 4 nitrogen and oxygen atoms in total. The summed E-state index contributed by atoms with van der Waals surface area (Å²) in [5, 5.41) is 0. The van der Waals surface area contributed by atoms with E-state index in [1.807, 2.05) is 39.8 Å². The van der Waals surface area contributed by atoms with Gasteiger partial charge in [0.2, 0.25) is 0 Å². The lowest BCUT2D eigenvalue weighted by atomic mass is 9.76. The second-order valence-corrected chi connectivity index (χ2v) is 8.99. The van der Waals surface area contributed by atoms with Gasteiger partial charge >= 0.3 is 11.9 Å². The summed E-state index contributed by atoms with van der Waals surface area (Å²) in [5.41, 5.74) is 1.53. The lowest BCUT2D eigenvalue weighted by Crippen LogP contribution is -2.26. The fraction of sp³-hybridized carbons (Fsp3) is 0.652. The molecule has 2 saturated carbocycles. The third-order valence-corrected chi connectivity index (χ3v) is 5.82. The van der Waals surface area contributed by atoms with Gasteiger partial charge in [-0.2, -0.15) is 0 Å². The third kappa shape index (κ3) is 5.12. The molecule has 0 bridgehead atoms. The zero-order valence-electron chi connectivity index (χ0n) is 17.0. The molecule has 0 spiro atoms. The first-order valence-corrected chi connectivity index (χ1v) is 10.3. The molecule has 0 heterocycles. The highest BCUT2D eigenvalue weighted by molar-refractivity contribution is 5.89. The van der Waals surface area contributed by atoms with Gasteiger partial charge in [-0.05, 0) is 95.2 Å². The van der Waals surface area contributed by atoms with Crippen molar-refractivity contribution in [1.82, 2.24) is 0 Å². The van der Waals surface area contributed by atoms with Crippen LogP contribution in [-0.2, 0) is 14.3 Å². The van der Waals surface area contributed by atoms with Gasteiger partial charge in [0.05, 0.1) is 18.1 Å². The predicted octanol–water partition coefficient (Wildman–Crippen LogP) is 5.11. The zero-order valence-corrected chi connectivity index (χ0v) is 17.0. The van der Waals surface area contributed by atoms with Gasteiger partial charge in [0.1, 0.15) is 5.60 Å². The molecule has 0 radical (unpaired) electrons. The molecule has 2 aliphatic rings. The molecule has 1 aromatic rings. The van der Waals surface area contributed by atoms with E-state index in [1.165, 1.54) is 18.4 Å². The molecule has 0 amide bonds. The minimum Gasteiger partial charge on any atom is -0.462 e. The molecule has 1 aromatic carbocycles. The van der Waals surface area contributed by atoms with Crippen LogP contribution in [0.25, 0.3) is 0 Å². The smallest absolute Gasteiger partial charge is 0.338 e. The summed E-state index contributed by atoms with van der Waals surface area (Å²) in [6, 6.07) is 7.88. The number of hydrogen-bond acceptors (Lipinski definition) is 4. The van der Waals surface area contributed by atoms with Crippen LogP contribution in [-0.4, -0.2) is 24.1 Å². The molecule has 2 aliphatic carbocycles. The van der Waals surface area contributed by atoms with E-state index >= 15 is 0 Å². The molecule has 2 fully saturated rings. The maximum absolute atomic E-state index is 12.2. The molecule has 0 N–H and O–H groups in total. The van der Waals surface area contributed by atoms with Crippen LogP contribution < -0.4 is 0 Å². The summed E-state index contributed by atoms with van der Waals surface area (Å²) in [7, 11) is 0. The third-order valence-electron chi connectivity index (χ3n) is 5.82. The Kier molecular flexibility index (Phi) is 5.92. The molecule has 27 heavy (non-hydrogen) atoms. The van der Waals surface area contributed by atoms with E-state index in [1.54, 1.807) is 0 Å². The summed E-state index contributed by atoms with van der Waals surface area (Å²) in [6.07, 6.45) is 5.66. The van der Waals surface area contributed by atoms with Gasteiger partial charge in [-0.1, -0.05) is 12.1 Å². The first-order valence-electron chi connectivity index (χ1n) is 10.3. The normalized spacial score (nSPS) is 27.7. The molecule has 4 heteroatoms. The van der Waals surface area contributed by atoms with E-state index in [0.29, 0.717) is 29.9 Å². The Morgan fingerprint density at radius 2 is 1.67 bits per heavy atom. The second kappa shape index (κ2) is 8.04. The maximum Gasteiger partial charge on any atom is 0.338 e. The monoisotopic (exact) mass is 372 g/mol. The highest BCUT2D eigenvalue weighted by atomic mass is 16.6. The fourth-order valence-corrected chi connectivity index (χ4v) is 4.37. The summed E-state index contributed by atoms with van der Waals surface area (Å²) in [4.78, 5) is 24.0. The Morgan fingerprint density at radius 1 is 1.04 bits per heavy atom. The van der Waals surface area contributed by atoms with Gasteiger partial charge in [0.15, 0.2) is 0 Å². The standard InChI is InChI=1S/C23H32O4/c1-5-26-21(24)18-12-8-16(9-13-18)15-6-10-17(11-7-15)19-14-20(19)22(25)27-23(2,3)4/h8-9,12-13,15,17,19-20H,5-7,10-11,14H2,1-4H3/t15-,17-,19?,20-/m1/s1. The van der Waals surface area contributed by atoms with E-state index in [9.17, 15) is 9.59 Å². The largest absolute Gasteiger partial charge is 0.462 e. The van der Waals surface area contributed by atoms with Crippen molar-refractivity contribution in [2.24, 2.45) is 17.8 Å².